The van der Waals surface area contributed by atoms with Crippen LogP contribution in [0.1, 0.15) is 37.8 Å². The largest absolute Gasteiger partial charge is 0.373 e. The first kappa shape index (κ1) is 12.6. The molecule has 1 aromatic rings. The van der Waals surface area contributed by atoms with E-state index in [0.717, 1.165) is 22.9 Å². The Balaban J connectivity index is 1.69. The van der Waals surface area contributed by atoms with Crippen LogP contribution in [-0.4, -0.2) is 18.2 Å². The van der Waals surface area contributed by atoms with Gasteiger partial charge in [-0.25, -0.2) is 4.39 Å². The predicted octanol–water partition coefficient (Wildman–Crippen LogP) is 3.56. The predicted molar refractivity (Wildman–Crippen MR) is 72.0 cm³/mol. The average molecular weight is 314 g/mol. The molecule has 0 amide bonds. The molecule has 1 aromatic carbocycles. The number of benzene rings is 1. The van der Waals surface area contributed by atoms with Gasteiger partial charge in [0.05, 0.1) is 12.2 Å². The van der Waals surface area contributed by atoms with Crippen LogP contribution in [0.15, 0.2) is 22.7 Å². The number of rotatable bonds is 3. The lowest BCUT2D eigenvalue weighted by Crippen LogP contribution is -2.39. The van der Waals surface area contributed by atoms with Gasteiger partial charge in [-0.15, -0.1) is 0 Å². The zero-order chi connectivity index (χ0) is 12.7. The van der Waals surface area contributed by atoms with Crippen LogP contribution in [-0.2, 0) is 4.74 Å². The first-order valence-corrected chi connectivity index (χ1v) is 7.29. The Morgan fingerprint density at radius 1 is 1.44 bits per heavy atom. The van der Waals surface area contributed by atoms with E-state index in [1.165, 1.54) is 12.5 Å². The van der Waals surface area contributed by atoms with Crippen molar-refractivity contribution in [2.45, 2.75) is 50.5 Å². The lowest BCUT2D eigenvalue weighted by atomic mass is 9.94. The monoisotopic (exact) mass is 313 g/mol. The van der Waals surface area contributed by atoms with Gasteiger partial charge in [-0.3, -0.25) is 0 Å². The van der Waals surface area contributed by atoms with Crippen molar-refractivity contribution in [1.82, 2.24) is 5.32 Å². The molecule has 0 spiro atoms. The highest BCUT2D eigenvalue weighted by Gasteiger charge is 2.41. The third-order valence-electron chi connectivity index (χ3n) is 4.00. The summed E-state index contributed by atoms with van der Waals surface area (Å²) < 4.78 is 20.4. The topological polar surface area (TPSA) is 21.3 Å². The fourth-order valence-corrected chi connectivity index (χ4v) is 3.41. The van der Waals surface area contributed by atoms with Gasteiger partial charge in [0, 0.05) is 22.1 Å². The second-order valence-corrected chi connectivity index (χ2v) is 6.19. The molecule has 4 heteroatoms. The van der Waals surface area contributed by atoms with E-state index in [-0.39, 0.29) is 11.9 Å². The lowest BCUT2D eigenvalue weighted by Gasteiger charge is -2.25. The molecule has 98 valence electrons. The highest BCUT2D eigenvalue weighted by Crippen LogP contribution is 2.35. The van der Waals surface area contributed by atoms with Crippen molar-refractivity contribution in [3.63, 3.8) is 0 Å². The van der Waals surface area contributed by atoms with Gasteiger partial charge in [-0.1, -0.05) is 22.0 Å². The highest BCUT2D eigenvalue weighted by molar-refractivity contribution is 9.10. The van der Waals surface area contributed by atoms with Gasteiger partial charge in [0.25, 0.3) is 0 Å². The van der Waals surface area contributed by atoms with Crippen LogP contribution in [0.2, 0.25) is 0 Å². The van der Waals surface area contributed by atoms with Crippen LogP contribution in [0.5, 0.6) is 0 Å². The fourth-order valence-electron chi connectivity index (χ4n) is 3.08. The average Bonchev–Trinajstić information content (AvgIpc) is 2.90. The molecule has 4 unspecified atom stereocenters. The third kappa shape index (κ3) is 2.33. The van der Waals surface area contributed by atoms with Crippen molar-refractivity contribution in [1.29, 1.82) is 0 Å². The van der Waals surface area contributed by atoms with Crippen molar-refractivity contribution < 1.29 is 9.13 Å². The Bertz CT molecular complexity index is 453. The summed E-state index contributed by atoms with van der Waals surface area (Å²) in [6.07, 6.45) is 4.14. The van der Waals surface area contributed by atoms with Crippen LogP contribution in [0.3, 0.4) is 0 Å². The molecule has 0 aliphatic carbocycles. The van der Waals surface area contributed by atoms with E-state index in [4.69, 9.17) is 4.74 Å². The van der Waals surface area contributed by atoms with Gasteiger partial charge in [0.15, 0.2) is 0 Å². The molecule has 2 aliphatic rings. The summed E-state index contributed by atoms with van der Waals surface area (Å²) >= 11 is 3.28. The van der Waals surface area contributed by atoms with E-state index in [0.29, 0.717) is 18.2 Å². The zero-order valence-corrected chi connectivity index (χ0v) is 11.9. The number of hydrogen-bond donors (Lipinski definition) is 1. The third-order valence-corrected chi connectivity index (χ3v) is 4.49. The van der Waals surface area contributed by atoms with E-state index in [9.17, 15) is 4.39 Å². The SMILES string of the molecule is CC(NC1CC2CCC1O2)c1ccc(Br)cc1F. The number of fused-ring (bicyclic) bond motifs is 2. The minimum atomic E-state index is -0.159. The molecule has 4 atom stereocenters. The van der Waals surface area contributed by atoms with E-state index < -0.39 is 0 Å². The summed E-state index contributed by atoms with van der Waals surface area (Å²) in [6.45, 7) is 2.01. The molecule has 2 nitrogen and oxygen atoms in total. The quantitative estimate of drug-likeness (QED) is 0.921. The molecule has 2 saturated heterocycles. The molecule has 18 heavy (non-hydrogen) atoms. The lowest BCUT2D eigenvalue weighted by molar-refractivity contribution is 0.0962. The van der Waals surface area contributed by atoms with Gasteiger partial charge in [0.2, 0.25) is 0 Å². The Kier molecular flexibility index (Phi) is 3.43. The summed E-state index contributed by atoms with van der Waals surface area (Å²) in [6, 6.07) is 5.64. The Morgan fingerprint density at radius 2 is 2.28 bits per heavy atom. The van der Waals surface area contributed by atoms with E-state index in [2.05, 4.69) is 21.2 Å². The van der Waals surface area contributed by atoms with E-state index in [1.807, 2.05) is 19.1 Å². The number of halogens is 2. The number of ether oxygens (including phenoxy) is 1. The molecule has 2 bridgehead atoms. The summed E-state index contributed by atoms with van der Waals surface area (Å²) in [5, 5.41) is 3.51. The van der Waals surface area contributed by atoms with Crippen molar-refractivity contribution in [3.05, 3.63) is 34.1 Å². The van der Waals surface area contributed by atoms with Crippen LogP contribution < -0.4 is 5.32 Å². The molecular weight excluding hydrogens is 297 g/mol. The molecular formula is C14H17BrFNO. The van der Waals surface area contributed by atoms with Crippen LogP contribution in [0.4, 0.5) is 4.39 Å². The Labute approximate surface area is 115 Å². The van der Waals surface area contributed by atoms with Gasteiger partial charge >= 0.3 is 0 Å². The van der Waals surface area contributed by atoms with Crippen LogP contribution >= 0.6 is 15.9 Å². The summed E-state index contributed by atoms with van der Waals surface area (Å²) in [4.78, 5) is 0. The zero-order valence-electron chi connectivity index (χ0n) is 10.3. The fraction of sp³-hybridized carbons (Fsp3) is 0.571. The smallest absolute Gasteiger partial charge is 0.129 e. The maximum atomic E-state index is 13.9. The van der Waals surface area contributed by atoms with Crippen molar-refractivity contribution in [3.8, 4) is 0 Å². The molecule has 0 saturated carbocycles. The molecule has 2 fully saturated rings. The molecule has 2 heterocycles. The number of nitrogens with one attached hydrogen (secondary N) is 1. The van der Waals surface area contributed by atoms with Gasteiger partial charge in [0.1, 0.15) is 5.82 Å². The van der Waals surface area contributed by atoms with Crippen molar-refractivity contribution >= 4 is 15.9 Å². The maximum Gasteiger partial charge on any atom is 0.129 e. The van der Waals surface area contributed by atoms with Crippen LogP contribution in [0.25, 0.3) is 0 Å². The van der Waals surface area contributed by atoms with E-state index in [1.54, 1.807) is 0 Å². The summed E-state index contributed by atoms with van der Waals surface area (Å²) in [5.41, 5.74) is 0.723. The molecule has 1 N–H and O–H groups in total. The molecule has 0 aromatic heterocycles. The van der Waals surface area contributed by atoms with Crippen molar-refractivity contribution in [2.75, 3.05) is 0 Å². The molecule has 3 rings (SSSR count). The molecule has 0 radical (unpaired) electrons. The first-order valence-electron chi connectivity index (χ1n) is 6.50. The van der Waals surface area contributed by atoms with Crippen LogP contribution in [0, 0.1) is 5.82 Å². The number of hydrogen-bond acceptors (Lipinski definition) is 2. The molecule has 2 aliphatic heterocycles. The standard InChI is InChI=1S/C14H17BrFNO/c1-8(11-4-2-9(15)6-12(11)16)17-13-7-10-3-5-14(13)18-10/h2,4,6,8,10,13-14,17H,3,5,7H2,1H3. The van der Waals surface area contributed by atoms with Gasteiger partial charge < -0.3 is 10.1 Å². The minimum Gasteiger partial charge on any atom is -0.373 e. The summed E-state index contributed by atoms with van der Waals surface area (Å²) in [7, 11) is 0. The van der Waals surface area contributed by atoms with E-state index >= 15 is 0 Å². The Hall–Kier alpha value is -0.450. The summed E-state index contributed by atoms with van der Waals surface area (Å²) in [5.74, 6) is -0.159. The minimum absolute atomic E-state index is 0.0195. The maximum absolute atomic E-state index is 13.9. The van der Waals surface area contributed by atoms with Crippen molar-refractivity contribution in [2.24, 2.45) is 0 Å². The van der Waals surface area contributed by atoms with Gasteiger partial charge in [-0.05, 0) is 38.3 Å². The normalized spacial score (nSPS) is 31.8. The second-order valence-electron chi connectivity index (χ2n) is 5.27. The van der Waals surface area contributed by atoms with Gasteiger partial charge in [-0.2, -0.15) is 0 Å². The first-order chi connectivity index (χ1) is 8.63. The highest BCUT2D eigenvalue weighted by atomic mass is 79.9. The second kappa shape index (κ2) is 4.91. The Morgan fingerprint density at radius 3 is 2.89 bits per heavy atom.